The summed E-state index contributed by atoms with van der Waals surface area (Å²) in [5, 5.41) is 7.12. The molecule has 6 nitrogen and oxygen atoms in total. The van der Waals surface area contributed by atoms with Crippen LogP contribution in [0.15, 0.2) is 17.1 Å². The Morgan fingerprint density at radius 1 is 1.14 bits per heavy atom. The number of carbonyl (C=O) groups is 2. The van der Waals surface area contributed by atoms with Gasteiger partial charge in [-0.2, -0.15) is 26.3 Å². The van der Waals surface area contributed by atoms with E-state index in [0.717, 1.165) is 0 Å². The molecule has 0 aliphatic carbocycles. The van der Waals surface area contributed by atoms with E-state index in [1.165, 1.54) is 0 Å². The number of aromatic amines is 1. The van der Waals surface area contributed by atoms with Crippen molar-refractivity contribution in [3.05, 3.63) is 33.7 Å². The van der Waals surface area contributed by atoms with E-state index in [4.69, 9.17) is 15.6 Å². The molecule has 0 aliphatic heterocycles. The third-order valence-electron chi connectivity index (χ3n) is 1.74. The number of aliphatic carboxylic acids is 1. The first-order valence-corrected chi connectivity index (χ1v) is 4.66. The molecule has 0 atom stereocenters. The highest BCUT2D eigenvalue weighted by Gasteiger charge is 2.38. The Hall–Kier alpha value is -2.53. The van der Waals surface area contributed by atoms with Gasteiger partial charge in [0, 0.05) is 12.3 Å². The molecule has 1 aromatic heterocycles. The van der Waals surface area contributed by atoms with Gasteiger partial charge in [0.2, 0.25) is 5.56 Å². The van der Waals surface area contributed by atoms with Crippen LogP contribution in [0.25, 0.3) is 0 Å². The van der Waals surface area contributed by atoms with E-state index in [1.807, 2.05) is 4.98 Å². The SMILES string of the molecule is NC(=O)c1c[nH]c(=O)cc1C(F)(F)F.O=C(O)C(F)(F)F. The molecule has 0 spiro atoms. The normalized spacial score (nSPS) is 11.3. The molecule has 118 valence electrons. The van der Waals surface area contributed by atoms with Crippen LogP contribution in [-0.4, -0.2) is 28.1 Å². The van der Waals surface area contributed by atoms with Gasteiger partial charge in [-0.1, -0.05) is 0 Å². The molecule has 0 aliphatic rings. The third kappa shape index (κ3) is 5.97. The summed E-state index contributed by atoms with van der Waals surface area (Å²) in [6, 6.07) is 0.292. The van der Waals surface area contributed by atoms with Crippen molar-refractivity contribution in [2.24, 2.45) is 5.73 Å². The molecule has 1 rings (SSSR count). The van der Waals surface area contributed by atoms with E-state index < -0.39 is 40.9 Å². The van der Waals surface area contributed by atoms with Crippen molar-refractivity contribution in [1.29, 1.82) is 0 Å². The number of nitrogens with two attached hydrogens (primary N) is 1. The fourth-order valence-corrected chi connectivity index (χ4v) is 0.910. The zero-order valence-electron chi connectivity index (χ0n) is 9.67. The topological polar surface area (TPSA) is 113 Å². The van der Waals surface area contributed by atoms with Gasteiger partial charge in [0.1, 0.15) is 0 Å². The average molecular weight is 320 g/mol. The molecular formula is C9H6F6N2O4. The molecule has 21 heavy (non-hydrogen) atoms. The van der Waals surface area contributed by atoms with Crippen LogP contribution in [0.5, 0.6) is 0 Å². The maximum Gasteiger partial charge on any atom is 0.490 e. The molecule has 12 heteroatoms. The minimum Gasteiger partial charge on any atom is -0.475 e. The van der Waals surface area contributed by atoms with Crippen molar-refractivity contribution < 1.29 is 41.0 Å². The Bertz CT molecular complexity index is 589. The minimum absolute atomic E-state index is 0.292. The lowest BCUT2D eigenvalue weighted by molar-refractivity contribution is -0.192. The summed E-state index contributed by atoms with van der Waals surface area (Å²) in [5.74, 6) is -4.00. The first-order valence-electron chi connectivity index (χ1n) is 4.66. The number of H-pyrrole nitrogens is 1. The van der Waals surface area contributed by atoms with Gasteiger partial charge in [-0.3, -0.25) is 9.59 Å². The molecule has 1 amide bonds. The van der Waals surface area contributed by atoms with Crippen molar-refractivity contribution in [1.82, 2.24) is 4.98 Å². The van der Waals surface area contributed by atoms with Crippen LogP contribution in [0.2, 0.25) is 0 Å². The van der Waals surface area contributed by atoms with Crippen LogP contribution in [0.4, 0.5) is 26.3 Å². The number of nitrogens with one attached hydrogen (secondary N) is 1. The largest absolute Gasteiger partial charge is 0.490 e. The van der Waals surface area contributed by atoms with Gasteiger partial charge < -0.3 is 15.8 Å². The molecule has 1 heterocycles. The summed E-state index contributed by atoms with van der Waals surface area (Å²) in [5.41, 5.74) is 1.68. The zero-order chi connectivity index (χ0) is 17.0. The standard InChI is InChI=1S/C7H5F3N2O2.C2HF3O2/c8-7(9,10)4-1-5(13)12-2-3(4)6(11)14;3-2(4,5)1(6)7/h1-2H,(H2,11,14)(H,12,13);(H,6,7). The maximum atomic E-state index is 12.2. The van der Waals surface area contributed by atoms with Gasteiger partial charge in [0.15, 0.2) is 0 Å². The second kappa shape index (κ2) is 6.28. The number of amides is 1. The second-order valence-corrected chi connectivity index (χ2v) is 3.29. The van der Waals surface area contributed by atoms with Crippen LogP contribution in [0.1, 0.15) is 15.9 Å². The summed E-state index contributed by atoms with van der Waals surface area (Å²) >= 11 is 0. The molecule has 0 unspecified atom stereocenters. The number of rotatable bonds is 1. The smallest absolute Gasteiger partial charge is 0.475 e. The van der Waals surface area contributed by atoms with Crippen molar-refractivity contribution in [2.45, 2.75) is 12.4 Å². The number of hydrogen-bond acceptors (Lipinski definition) is 3. The van der Waals surface area contributed by atoms with Gasteiger partial charge >= 0.3 is 18.3 Å². The molecule has 0 bridgehead atoms. The Balaban J connectivity index is 0.000000486. The highest BCUT2D eigenvalue weighted by Crippen LogP contribution is 2.30. The zero-order valence-corrected chi connectivity index (χ0v) is 9.67. The fraction of sp³-hybridized carbons (Fsp3) is 0.222. The number of carboxylic acids is 1. The van der Waals surface area contributed by atoms with Crippen LogP contribution < -0.4 is 11.3 Å². The first kappa shape index (κ1) is 18.5. The predicted octanol–water partition coefficient (Wildman–Crippen LogP) is 1.13. The highest BCUT2D eigenvalue weighted by molar-refractivity contribution is 5.94. The molecular weight excluding hydrogens is 314 g/mol. The van der Waals surface area contributed by atoms with Gasteiger partial charge in [0.05, 0.1) is 11.1 Å². The summed E-state index contributed by atoms with van der Waals surface area (Å²) in [6.07, 6.45) is -9.20. The van der Waals surface area contributed by atoms with E-state index in [9.17, 15) is 35.9 Å². The van der Waals surface area contributed by atoms with Crippen LogP contribution in [0.3, 0.4) is 0 Å². The van der Waals surface area contributed by atoms with E-state index in [0.29, 0.717) is 12.3 Å². The molecule has 0 saturated heterocycles. The third-order valence-corrected chi connectivity index (χ3v) is 1.74. The summed E-state index contributed by atoms with van der Waals surface area (Å²) in [4.78, 5) is 32.0. The Morgan fingerprint density at radius 3 is 1.86 bits per heavy atom. The Morgan fingerprint density at radius 2 is 1.57 bits per heavy atom. The maximum absolute atomic E-state index is 12.2. The van der Waals surface area contributed by atoms with E-state index in [-0.39, 0.29) is 0 Å². The number of alkyl halides is 6. The number of hydrogen-bond donors (Lipinski definition) is 3. The Kier molecular flexibility index (Phi) is 5.52. The van der Waals surface area contributed by atoms with E-state index >= 15 is 0 Å². The van der Waals surface area contributed by atoms with Gasteiger partial charge in [-0.25, -0.2) is 4.79 Å². The van der Waals surface area contributed by atoms with E-state index in [2.05, 4.69) is 0 Å². The van der Waals surface area contributed by atoms with Gasteiger partial charge in [0.25, 0.3) is 5.91 Å². The molecule has 0 radical (unpaired) electrons. The van der Waals surface area contributed by atoms with Crippen molar-refractivity contribution in [2.75, 3.05) is 0 Å². The van der Waals surface area contributed by atoms with Crippen molar-refractivity contribution in [3.63, 3.8) is 0 Å². The summed E-state index contributed by atoms with van der Waals surface area (Å²) in [6.45, 7) is 0. The van der Waals surface area contributed by atoms with Crippen LogP contribution >= 0.6 is 0 Å². The Labute approximate surface area is 111 Å². The molecule has 4 N–H and O–H groups in total. The average Bonchev–Trinajstić information content (AvgIpc) is 2.26. The number of carbonyl (C=O) groups excluding carboxylic acids is 1. The van der Waals surface area contributed by atoms with Crippen LogP contribution in [-0.2, 0) is 11.0 Å². The lowest BCUT2D eigenvalue weighted by Gasteiger charge is -2.08. The summed E-state index contributed by atoms with van der Waals surface area (Å²) < 4.78 is 68.4. The summed E-state index contributed by atoms with van der Waals surface area (Å²) in [7, 11) is 0. The van der Waals surface area contributed by atoms with Gasteiger partial charge in [-0.05, 0) is 0 Å². The predicted molar refractivity (Wildman–Crippen MR) is 54.3 cm³/mol. The molecule has 0 saturated carbocycles. The second-order valence-electron chi connectivity index (χ2n) is 3.29. The molecule has 0 aromatic carbocycles. The first-order chi connectivity index (χ1) is 9.26. The monoisotopic (exact) mass is 320 g/mol. The van der Waals surface area contributed by atoms with Crippen molar-refractivity contribution >= 4 is 11.9 Å². The van der Waals surface area contributed by atoms with Gasteiger partial charge in [-0.15, -0.1) is 0 Å². The van der Waals surface area contributed by atoms with E-state index in [1.54, 1.807) is 0 Å². The minimum atomic E-state index is -5.08. The van der Waals surface area contributed by atoms with Crippen LogP contribution in [0, 0.1) is 0 Å². The lowest BCUT2D eigenvalue weighted by atomic mass is 10.1. The molecule has 0 fully saturated rings. The fourth-order valence-electron chi connectivity index (χ4n) is 0.910. The quantitative estimate of drug-likeness (QED) is 0.673. The number of primary amides is 1. The molecule has 1 aromatic rings. The number of halogens is 6. The number of pyridine rings is 1. The number of aromatic nitrogens is 1. The lowest BCUT2D eigenvalue weighted by Crippen LogP contribution is -2.22. The highest BCUT2D eigenvalue weighted by atomic mass is 19.4. The van der Waals surface area contributed by atoms with Crippen molar-refractivity contribution in [3.8, 4) is 0 Å². The number of carboxylic acid groups (broad SMARTS) is 1.